The summed E-state index contributed by atoms with van der Waals surface area (Å²) in [6.07, 6.45) is 0. The minimum atomic E-state index is 0. The van der Waals surface area contributed by atoms with E-state index in [1.165, 1.54) is 5.54 Å². The van der Waals surface area contributed by atoms with E-state index in [0.717, 1.165) is 35.2 Å². The Balaban J connectivity index is -0.000000165. The number of hydrogen-bond donors (Lipinski definition) is 0. The maximum absolute atomic E-state index is 2.59. The molecule has 0 N–H and O–H groups in total. The molecule has 2 aliphatic heterocycles. The molecular weight excluding hydrogens is 293 g/mol. The molecule has 0 spiro atoms. The molecule has 0 nitrogen and oxygen atoms in total. The second kappa shape index (κ2) is 13.6. The van der Waals surface area contributed by atoms with Crippen LogP contribution in [0.15, 0.2) is 0 Å². The fraction of sp³-hybridized carbons (Fsp3) is 1.00. The first kappa shape index (κ1) is 21.8. The summed E-state index contributed by atoms with van der Waals surface area (Å²) in [5.74, 6) is 0. The Hall–Kier alpha value is 1.52. The monoisotopic (exact) mass is 328 g/mol. The van der Waals surface area contributed by atoms with Gasteiger partial charge in [0.05, 0.1) is 0 Å². The predicted molar refractivity (Wildman–Crippen MR) is 104 cm³/mol. The molecule has 0 aromatic rings. The van der Waals surface area contributed by atoms with Gasteiger partial charge in [-0.2, -0.15) is 0 Å². The fourth-order valence-corrected chi connectivity index (χ4v) is 100. The van der Waals surface area contributed by atoms with Crippen molar-refractivity contribution in [2.45, 2.75) is 53.0 Å². The molecule has 7 heteroatoms. The highest BCUT2D eigenvalue weighted by Gasteiger charge is 2.18. The van der Waals surface area contributed by atoms with E-state index in [0.29, 0.717) is 17.6 Å². The highest BCUT2D eigenvalue weighted by molar-refractivity contribution is 7.51. The van der Waals surface area contributed by atoms with Crippen LogP contribution in [0.2, 0.25) is 23.8 Å². The lowest BCUT2D eigenvalue weighted by atomic mass is 10.6. The predicted octanol–water partition coefficient (Wildman–Crippen LogP) is -1.88. The van der Waals surface area contributed by atoms with E-state index in [-0.39, 0.29) is 30.6 Å². The molecule has 2 atom stereocenters. The average Bonchev–Trinajstić information content (AvgIpc) is 2.63. The molecule has 0 aromatic heterocycles. The average molecular weight is 329 g/mol. The normalized spacial score (nSPS) is 37.2. The molecule has 0 saturated carbocycles. The van der Waals surface area contributed by atoms with Crippen molar-refractivity contribution in [1.82, 2.24) is 0 Å². The third kappa shape index (κ3) is 11.8. The smallest absolute Gasteiger partial charge is 0.0179 e. The first-order valence-electron chi connectivity index (χ1n) is 5.79. The largest absolute Gasteiger partial charge is 0.0776 e. The second-order valence-electron chi connectivity index (χ2n) is 4.79. The molecule has 2 fully saturated rings. The molecule has 0 amide bonds. The third-order valence-corrected chi connectivity index (χ3v) is 73.9. The molecule has 2 heterocycles. The molecule has 2 aliphatic rings. The molecule has 0 aromatic carbocycles. The number of rotatable bonds is 0. The van der Waals surface area contributed by atoms with Crippen molar-refractivity contribution in [3.8, 4) is 0 Å². The molecule has 2 saturated heterocycles. The molecule has 2 unspecified atom stereocenters. The van der Waals surface area contributed by atoms with E-state index < -0.39 is 0 Å². The van der Waals surface area contributed by atoms with Crippen molar-refractivity contribution < 1.29 is 0 Å². The Morgan fingerprint density at radius 1 is 1.07 bits per heavy atom. The van der Waals surface area contributed by atoms with Crippen LogP contribution in [-0.4, -0.2) is 61.1 Å². The van der Waals surface area contributed by atoms with Gasteiger partial charge in [-0.1, -0.05) is 53.0 Å². The van der Waals surface area contributed by atoms with Crippen LogP contribution < -0.4 is 0 Å². The van der Waals surface area contributed by atoms with E-state index in [4.69, 9.17) is 0 Å². The Labute approximate surface area is 114 Å². The fourth-order valence-electron chi connectivity index (χ4n) is 2.38. The molecule has 0 bridgehead atoms. The molecule has 96 valence electrons. The molecule has 0 aliphatic carbocycles. The highest BCUT2D eigenvalue weighted by Crippen LogP contribution is 2.16. The van der Waals surface area contributed by atoms with Crippen LogP contribution in [-0.2, 0) is 0 Å². The van der Waals surface area contributed by atoms with E-state index in [9.17, 15) is 0 Å². The van der Waals surface area contributed by atoms with Crippen molar-refractivity contribution in [1.29, 1.82) is 0 Å². The summed E-state index contributed by atoms with van der Waals surface area (Å²) in [6, 6.07) is 1.73. The molecule has 15 heavy (non-hydrogen) atoms. The van der Waals surface area contributed by atoms with Gasteiger partial charge in [-0.3, -0.25) is 0 Å². The Morgan fingerprint density at radius 3 is 1.73 bits per heavy atom. The van der Waals surface area contributed by atoms with Crippen molar-refractivity contribution in [2.24, 2.45) is 0 Å². The maximum atomic E-state index is 2.59. The van der Waals surface area contributed by atoms with Crippen molar-refractivity contribution in [2.75, 3.05) is 0 Å². The van der Waals surface area contributed by atoms with Gasteiger partial charge >= 0.3 is 0 Å². The quantitative estimate of drug-likeness (QED) is 0.457. The van der Waals surface area contributed by atoms with Crippen LogP contribution in [0.4, 0.5) is 0 Å². The Bertz CT molecular complexity index is 102. The Morgan fingerprint density at radius 2 is 1.60 bits per heavy atom. The SMILES string of the molecule is C.C.C.C1[SiH2][SiH2][SiH2][SiH2]1.CC1C[SiH](C)[SiH2][SiH2]1. The first-order chi connectivity index (χ1) is 5.79. The maximum Gasteiger partial charge on any atom is 0.0179 e. The van der Waals surface area contributed by atoms with Gasteiger partial charge in [-0.15, -0.1) is 0 Å². The van der Waals surface area contributed by atoms with Gasteiger partial charge in [0, 0.05) is 44.0 Å². The van der Waals surface area contributed by atoms with E-state index >= 15 is 0 Å². The van der Waals surface area contributed by atoms with Crippen LogP contribution in [0.25, 0.3) is 0 Å². The summed E-state index contributed by atoms with van der Waals surface area (Å²) in [7, 11) is 4.79. The summed E-state index contributed by atoms with van der Waals surface area (Å²) in [6.45, 7) is 5.07. The van der Waals surface area contributed by atoms with Gasteiger partial charge in [-0.25, -0.2) is 0 Å². The van der Waals surface area contributed by atoms with Crippen molar-refractivity contribution >= 4 is 61.1 Å². The zero-order valence-electron chi connectivity index (χ0n) is 8.81. The lowest BCUT2D eigenvalue weighted by Crippen LogP contribution is -2.11. The molecule has 0 radical (unpaired) electrons. The summed E-state index contributed by atoms with van der Waals surface area (Å²) in [5.41, 5.74) is 3.19. The molecular formula is C8H36Si7. The minimum Gasteiger partial charge on any atom is -0.0776 e. The van der Waals surface area contributed by atoms with E-state index in [1.807, 2.05) is 5.67 Å². The Kier molecular flexibility index (Phi) is 19.7. The van der Waals surface area contributed by atoms with Crippen LogP contribution in [0, 0.1) is 0 Å². The zero-order valence-corrected chi connectivity index (χ0v) is 18.5. The summed E-state index contributed by atoms with van der Waals surface area (Å²) >= 11 is 0. The summed E-state index contributed by atoms with van der Waals surface area (Å²) in [5, 5.41) is 0. The van der Waals surface area contributed by atoms with Crippen molar-refractivity contribution in [3.63, 3.8) is 0 Å². The minimum absolute atomic E-state index is 0. The lowest BCUT2D eigenvalue weighted by Gasteiger charge is -1.95. The first-order valence-corrected chi connectivity index (χ1v) is 29.8. The van der Waals surface area contributed by atoms with Crippen LogP contribution in [0.3, 0.4) is 0 Å². The summed E-state index contributed by atoms with van der Waals surface area (Å²) < 4.78 is 0. The van der Waals surface area contributed by atoms with Crippen LogP contribution in [0.1, 0.15) is 29.2 Å². The highest BCUT2D eigenvalue weighted by atomic mass is 29.7. The van der Waals surface area contributed by atoms with Crippen molar-refractivity contribution in [3.05, 3.63) is 0 Å². The van der Waals surface area contributed by atoms with Gasteiger partial charge in [0.15, 0.2) is 0 Å². The zero-order chi connectivity index (χ0) is 8.81. The van der Waals surface area contributed by atoms with Gasteiger partial charge in [0.1, 0.15) is 0 Å². The van der Waals surface area contributed by atoms with E-state index in [2.05, 4.69) is 13.5 Å². The van der Waals surface area contributed by atoms with Gasteiger partial charge in [0.2, 0.25) is 0 Å². The summed E-state index contributed by atoms with van der Waals surface area (Å²) in [4.78, 5) is 0. The van der Waals surface area contributed by atoms with Crippen LogP contribution in [0.5, 0.6) is 0 Å². The topological polar surface area (TPSA) is 0 Å². The number of hydrogen-bond acceptors (Lipinski definition) is 0. The molecule has 2 rings (SSSR count). The van der Waals surface area contributed by atoms with Gasteiger partial charge in [0.25, 0.3) is 0 Å². The lowest BCUT2D eigenvalue weighted by molar-refractivity contribution is 1.06. The van der Waals surface area contributed by atoms with E-state index in [1.54, 1.807) is 6.04 Å². The standard InChI is InChI=1S/C4H14Si3.CH10Si4.3CH4/c1-4-3-7(2)6-5-4;1-2-4-5-3-1;;;/h4,7H,3,5-6H2,1-2H3;1-5H2;3*1H4. The third-order valence-electron chi connectivity index (χ3n) is 3.21. The van der Waals surface area contributed by atoms with Crippen LogP contribution >= 0.6 is 0 Å². The second-order valence-corrected chi connectivity index (χ2v) is 49.7. The van der Waals surface area contributed by atoms with Gasteiger partial charge < -0.3 is 0 Å². The van der Waals surface area contributed by atoms with Gasteiger partial charge in [-0.05, 0) is 17.1 Å².